The van der Waals surface area contributed by atoms with Crippen molar-refractivity contribution in [3.8, 4) is 6.07 Å². The van der Waals surface area contributed by atoms with Crippen molar-refractivity contribution in [3.05, 3.63) is 24.3 Å². The molecule has 1 unspecified atom stereocenters. The van der Waals surface area contributed by atoms with Crippen molar-refractivity contribution >= 4 is 15.7 Å². The minimum absolute atomic E-state index is 0.213. The Hall–Kier alpha value is -1.58. The molecule has 0 radical (unpaired) electrons. The van der Waals surface area contributed by atoms with E-state index in [1.807, 2.05) is 0 Å². The highest BCUT2D eigenvalue weighted by Crippen LogP contribution is 2.19. The van der Waals surface area contributed by atoms with Gasteiger partial charge < -0.3 is 5.32 Å². The molecule has 5 nitrogen and oxygen atoms in total. The van der Waals surface area contributed by atoms with Crippen LogP contribution in [0.1, 0.15) is 27.2 Å². The monoisotopic (exact) mass is 309 g/mol. The molecule has 0 saturated heterocycles. The van der Waals surface area contributed by atoms with Crippen LogP contribution in [0.4, 0.5) is 5.69 Å². The van der Waals surface area contributed by atoms with Crippen LogP contribution in [0, 0.1) is 17.2 Å². The zero-order chi connectivity index (χ0) is 15.9. The highest BCUT2D eigenvalue weighted by Gasteiger charge is 2.24. The molecule has 0 aliphatic rings. The summed E-state index contributed by atoms with van der Waals surface area (Å²) in [5.74, 6) is -0.329. The largest absolute Gasteiger partial charge is 0.385 e. The predicted octanol–water partition coefficient (Wildman–Crippen LogP) is 2.68. The van der Waals surface area contributed by atoms with E-state index in [-0.39, 0.29) is 17.4 Å². The van der Waals surface area contributed by atoms with Crippen LogP contribution < -0.4 is 5.32 Å². The Kier molecular flexibility index (Phi) is 6.66. The van der Waals surface area contributed by atoms with Crippen LogP contribution in [0.15, 0.2) is 29.2 Å². The molecule has 0 saturated carbocycles. The lowest BCUT2D eigenvalue weighted by atomic mass is 10.2. The number of sulfonamides is 1. The Balaban J connectivity index is 2.93. The van der Waals surface area contributed by atoms with E-state index in [1.165, 1.54) is 4.31 Å². The van der Waals surface area contributed by atoms with E-state index in [4.69, 9.17) is 5.26 Å². The molecule has 0 aliphatic carbocycles. The Bertz CT molecular complexity index is 576. The third kappa shape index (κ3) is 4.73. The summed E-state index contributed by atoms with van der Waals surface area (Å²) >= 11 is 0. The second-order valence-corrected chi connectivity index (χ2v) is 6.87. The Morgan fingerprint density at radius 1 is 1.29 bits per heavy atom. The molecule has 1 atom stereocenters. The molecule has 1 rings (SSSR count). The normalized spacial score (nSPS) is 12.9. The molecule has 0 aromatic heterocycles. The number of nitriles is 1. The summed E-state index contributed by atoms with van der Waals surface area (Å²) in [6.07, 6.45) is 1.01. The summed E-state index contributed by atoms with van der Waals surface area (Å²) in [6, 6.07) is 8.81. The minimum Gasteiger partial charge on any atom is -0.385 e. The van der Waals surface area contributed by atoms with Crippen LogP contribution in [-0.2, 0) is 10.0 Å². The maximum Gasteiger partial charge on any atom is 0.243 e. The molecule has 0 fully saturated rings. The summed E-state index contributed by atoms with van der Waals surface area (Å²) in [5.41, 5.74) is 0.907. The molecule has 0 spiro atoms. The van der Waals surface area contributed by atoms with E-state index >= 15 is 0 Å². The van der Waals surface area contributed by atoms with Crippen molar-refractivity contribution in [1.82, 2.24) is 4.31 Å². The van der Waals surface area contributed by atoms with E-state index in [2.05, 4.69) is 18.3 Å². The topological polar surface area (TPSA) is 73.2 Å². The van der Waals surface area contributed by atoms with Gasteiger partial charge in [-0.15, -0.1) is 0 Å². The van der Waals surface area contributed by atoms with Crippen molar-refractivity contribution in [2.24, 2.45) is 5.92 Å². The van der Waals surface area contributed by atoms with Crippen molar-refractivity contribution in [2.45, 2.75) is 32.1 Å². The second kappa shape index (κ2) is 8.01. The van der Waals surface area contributed by atoms with Gasteiger partial charge in [0.2, 0.25) is 10.0 Å². The number of nitrogens with one attached hydrogen (secondary N) is 1. The summed E-state index contributed by atoms with van der Waals surface area (Å²) < 4.78 is 26.4. The standard InChI is InChI=1S/C15H23N3O2S/c1-4-10-17-14-6-8-15(9-7-14)21(19,20)18(5-2)12-13(3)11-16/h6-9,13,17H,4-5,10,12H2,1-3H3. The maximum atomic E-state index is 12.5. The first-order valence-corrected chi connectivity index (χ1v) is 8.63. The fourth-order valence-corrected chi connectivity index (χ4v) is 3.44. The molecule has 0 bridgehead atoms. The van der Waals surface area contributed by atoms with Crippen LogP contribution in [0.5, 0.6) is 0 Å². The molecule has 116 valence electrons. The average molecular weight is 309 g/mol. The second-order valence-electron chi connectivity index (χ2n) is 4.94. The van der Waals surface area contributed by atoms with Crippen molar-refractivity contribution in [3.63, 3.8) is 0 Å². The first kappa shape index (κ1) is 17.5. The number of nitrogens with zero attached hydrogens (tertiary/aromatic N) is 2. The van der Waals surface area contributed by atoms with E-state index < -0.39 is 10.0 Å². The van der Waals surface area contributed by atoms with E-state index in [1.54, 1.807) is 38.1 Å². The minimum atomic E-state index is -3.54. The smallest absolute Gasteiger partial charge is 0.243 e. The van der Waals surface area contributed by atoms with Gasteiger partial charge in [-0.3, -0.25) is 0 Å². The zero-order valence-electron chi connectivity index (χ0n) is 12.8. The number of hydrogen-bond acceptors (Lipinski definition) is 4. The lowest BCUT2D eigenvalue weighted by Gasteiger charge is -2.21. The summed E-state index contributed by atoms with van der Waals surface area (Å²) in [4.78, 5) is 0.261. The van der Waals surface area contributed by atoms with Crippen molar-refractivity contribution in [1.29, 1.82) is 5.26 Å². The van der Waals surface area contributed by atoms with Gasteiger partial charge in [-0.2, -0.15) is 9.57 Å². The quantitative estimate of drug-likeness (QED) is 0.801. The van der Waals surface area contributed by atoms with E-state index in [0.717, 1.165) is 18.7 Å². The lowest BCUT2D eigenvalue weighted by Crippen LogP contribution is -2.34. The molecule has 1 N–H and O–H groups in total. The molecule has 0 amide bonds. The van der Waals surface area contributed by atoms with E-state index in [0.29, 0.717) is 6.54 Å². The van der Waals surface area contributed by atoms with Crippen LogP contribution in [0.25, 0.3) is 0 Å². The first-order chi connectivity index (χ1) is 9.95. The number of anilines is 1. The Labute approximate surface area is 127 Å². The van der Waals surface area contributed by atoms with Crippen LogP contribution >= 0.6 is 0 Å². The van der Waals surface area contributed by atoms with Gasteiger partial charge in [0.05, 0.1) is 16.9 Å². The molecule has 0 heterocycles. The van der Waals surface area contributed by atoms with Crippen LogP contribution in [0.3, 0.4) is 0 Å². The van der Waals surface area contributed by atoms with E-state index in [9.17, 15) is 8.42 Å². The van der Waals surface area contributed by atoms with Gasteiger partial charge in [0, 0.05) is 25.3 Å². The highest BCUT2D eigenvalue weighted by atomic mass is 32.2. The predicted molar refractivity (Wildman–Crippen MR) is 84.4 cm³/mol. The Morgan fingerprint density at radius 3 is 2.38 bits per heavy atom. The van der Waals surface area contributed by atoms with Gasteiger partial charge >= 0.3 is 0 Å². The SMILES string of the molecule is CCCNc1ccc(S(=O)(=O)N(CC)CC(C)C#N)cc1. The van der Waals surface area contributed by atoms with Gasteiger partial charge in [0.1, 0.15) is 0 Å². The van der Waals surface area contributed by atoms with Crippen LogP contribution in [-0.4, -0.2) is 32.4 Å². The van der Waals surface area contributed by atoms with Gasteiger partial charge in [-0.25, -0.2) is 8.42 Å². The molecule has 1 aromatic rings. The molecule has 1 aromatic carbocycles. The van der Waals surface area contributed by atoms with Gasteiger partial charge in [-0.05, 0) is 37.6 Å². The summed E-state index contributed by atoms with van der Waals surface area (Å²) in [5, 5.41) is 12.1. The average Bonchev–Trinajstić information content (AvgIpc) is 2.50. The summed E-state index contributed by atoms with van der Waals surface area (Å²) in [7, 11) is -3.54. The number of rotatable bonds is 8. The molecule has 21 heavy (non-hydrogen) atoms. The fourth-order valence-electron chi connectivity index (χ4n) is 1.91. The van der Waals surface area contributed by atoms with Gasteiger partial charge in [-0.1, -0.05) is 13.8 Å². The molecular weight excluding hydrogens is 286 g/mol. The third-order valence-corrected chi connectivity index (χ3v) is 5.08. The number of benzene rings is 1. The highest BCUT2D eigenvalue weighted by molar-refractivity contribution is 7.89. The first-order valence-electron chi connectivity index (χ1n) is 7.19. The van der Waals surface area contributed by atoms with Crippen molar-refractivity contribution < 1.29 is 8.42 Å². The van der Waals surface area contributed by atoms with Crippen molar-refractivity contribution in [2.75, 3.05) is 25.0 Å². The Morgan fingerprint density at radius 2 is 1.90 bits per heavy atom. The molecule has 6 heteroatoms. The molecular formula is C15H23N3O2S. The number of hydrogen-bond donors (Lipinski definition) is 1. The maximum absolute atomic E-state index is 12.5. The summed E-state index contributed by atoms with van der Waals surface area (Å²) in [6.45, 7) is 6.98. The molecule has 0 aliphatic heterocycles. The third-order valence-electron chi connectivity index (χ3n) is 3.12. The van der Waals surface area contributed by atoms with Gasteiger partial charge in [0.25, 0.3) is 0 Å². The van der Waals surface area contributed by atoms with Crippen LogP contribution in [0.2, 0.25) is 0 Å². The lowest BCUT2D eigenvalue weighted by molar-refractivity contribution is 0.400. The fraction of sp³-hybridized carbons (Fsp3) is 0.533. The van der Waals surface area contributed by atoms with Gasteiger partial charge in [0.15, 0.2) is 0 Å². The zero-order valence-corrected chi connectivity index (χ0v) is 13.7.